The Morgan fingerprint density at radius 3 is 2.89 bits per heavy atom. The Balaban J connectivity index is 2.01. The van der Waals surface area contributed by atoms with Crippen LogP contribution in [0.4, 0.5) is 0 Å². The molecular formula is C14H21ClN2O. The maximum absolute atomic E-state index is 6.25. The van der Waals surface area contributed by atoms with E-state index in [2.05, 4.69) is 11.9 Å². The van der Waals surface area contributed by atoms with Crippen LogP contribution in [0.1, 0.15) is 18.9 Å². The zero-order valence-electron chi connectivity index (χ0n) is 11.0. The summed E-state index contributed by atoms with van der Waals surface area (Å²) >= 11 is 6.25. The van der Waals surface area contributed by atoms with Gasteiger partial charge in [-0.2, -0.15) is 0 Å². The molecule has 3 nitrogen and oxygen atoms in total. The van der Waals surface area contributed by atoms with Gasteiger partial charge < -0.3 is 15.4 Å². The molecule has 18 heavy (non-hydrogen) atoms. The molecule has 4 heteroatoms. The summed E-state index contributed by atoms with van der Waals surface area (Å²) in [4.78, 5) is 2.27. The lowest BCUT2D eigenvalue weighted by molar-refractivity contribution is 0.208. The molecule has 0 aromatic heterocycles. The van der Waals surface area contributed by atoms with Gasteiger partial charge in [-0.15, -0.1) is 0 Å². The maximum atomic E-state index is 6.25. The quantitative estimate of drug-likeness (QED) is 0.911. The van der Waals surface area contributed by atoms with Crippen LogP contribution in [-0.4, -0.2) is 37.2 Å². The summed E-state index contributed by atoms with van der Waals surface area (Å²) in [5.41, 5.74) is 6.94. The van der Waals surface area contributed by atoms with Gasteiger partial charge in [-0.25, -0.2) is 0 Å². The number of ether oxygens (including phenoxy) is 1. The number of likely N-dealkylation sites (tertiary alicyclic amines) is 1. The van der Waals surface area contributed by atoms with E-state index in [1.165, 1.54) is 0 Å². The van der Waals surface area contributed by atoms with Gasteiger partial charge in [0.25, 0.3) is 0 Å². The van der Waals surface area contributed by atoms with E-state index in [1.54, 1.807) is 0 Å². The van der Waals surface area contributed by atoms with Crippen LogP contribution in [0, 0.1) is 0 Å². The summed E-state index contributed by atoms with van der Waals surface area (Å²) in [6.07, 6.45) is 2.16. The van der Waals surface area contributed by atoms with Crippen LogP contribution in [-0.2, 0) is 6.42 Å². The van der Waals surface area contributed by atoms with Crippen molar-refractivity contribution in [2.45, 2.75) is 31.9 Å². The number of rotatable bonds is 4. The van der Waals surface area contributed by atoms with Gasteiger partial charge in [-0.05, 0) is 44.5 Å². The number of hydrogen-bond acceptors (Lipinski definition) is 3. The molecule has 1 aromatic rings. The standard InChI is InChI=1S/C14H21ClN2O/c1-10(16)7-11-3-4-14(13(15)8-11)18-12-5-6-17(2)9-12/h3-4,8,10,12H,5-7,9,16H2,1-2H3. The molecule has 2 N–H and O–H groups in total. The van der Waals surface area contributed by atoms with Gasteiger partial charge in [0.15, 0.2) is 0 Å². The lowest BCUT2D eigenvalue weighted by atomic mass is 10.1. The largest absolute Gasteiger partial charge is 0.487 e. The predicted molar refractivity (Wildman–Crippen MR) is 75.3 cm³/mol. The van der Waals surface area contributed by atoms with Gasteiger partial charge >= 0.3 is 0 Å². The average Bonchev–Trinajstić information content (AvgIpc) is 2.67. The highest BCUT2D eigenvalue weighted by atomic mass is 35.5. The van der Waals surface area contributed by atoms with Gasteiger partial charge in [0.2, 0.25) is 0 Å². The Bertz CT molecular complexity index is 409. The van der Waals surface area contributed by atoms with Crippen LogP contribution < -0.4 is 10.5 Å². The third kappa shape index (κ3) is 3.61. The highest BCUT2D eigenvalue weighted by Crippen LogP contribution is 2.28. The minimum atomic E-state index is 0.149. The number of benzene rings is 1. The van der Waals surface area contributed by atoms with Crippen molar-refractivity contribution >= 4 is 11.6 Å². The Morgan fingerprint density at radius 1 is 1.56 bits per heavy atom. The molecule has 0 spiro atoms. The van der Waals surface area contributed by atoms with Gasteiger partial charge in [-0.3, -0.25) is 0 Å². The lowest BCUT2D eigenvalue weighted by Gasteiger charge is -2.15. The fourth-order valence-corrected chi connectivity index (χ4v) is 2.56. The summed E-state index contributed by atoms with van der Waals surface area (Å²) in [7, 11) is 2.11. The first-order valence-electron chi connectivity index (χ1n) is 6.44. The predicted octanol–water partition coefficient (Wildman–Crippen LogP) is 2.31. The lowest BCUT2D eigenvalue weighted by Crippen LogP contribution is -2.21. The molecule has 1 aliphatic heterocycles. The van der Waals surface area contributed by atoms with Crippen molar-refractivity contribution in [2.75, 3.05) is 20.1 Å². The molecule has 2 atom stereocenters. The van der Waals surface area contributed by atoms with E-state index < -0.39 is 0 Å². The molecule has 0 saturated carbocycles. The average molecular weight is 269 g/mol. The van der Waals surface area contributed by atoms with E-state index in [0.29, 0.717) is 5.02 Å². The summed E-state index contributed by atoms with van der Waals surface area (Å²) in [6, 6.07) is 6.11. The van der Waals surface area contributed by atoms with E-state index >= 15 is 0 Å². The van der Waals surface area contributed by atoms with Crippen molar-refractivity contribution in [1.29, 1.82) is 0 Å². The first-order valence-corrected chi connectivity index (χ1v) is 6.81. The minimum absolute atomic E-state index is 0.149. The zero-order valence-corrected chi connectivity index (χ0v) is 11.8. The Morgan fingerprint density at radius 2 is 2.33 bits per heavy atom. The summed E-state index contributed by atoms with van der Waals surface area (Å²) in [5.74, 6) is 0.783. The third-order valence-electron chi connectivity index (χ3n) is 3.20. The molecule has 1 aromatic carbocycles. The third-order valence-corrected chi connectivity index (χ3v) is 3.49. The molecule has 1 heterocycles. The van der Waals surface area contributed by atoms with Crippen LogP contribution in [0.2, 0.25) is 5.02 Å². The second-order valence-electron chi connectivity index (χ2n) is 5.24. The highest BCUT2D eigenvalue weighted by Gasteiger charge is 2.21. The smallest absolute Gasteiger partial charge is 0.138 e. The molecule has 2 unspecified atom stereocenters. The van der Waals surface area contributed by atoms with Crippen LogP contribution in [0.15, 0.2) is 18.2 Å². The first-order chi connectivity index (χ1) is 8.54. The van der Waals surface area contributed by atoms with Gasteiger partial charge in [0.1, 0.15) is 11.9 Å². The Kier molecular flexibility index (Phi) is 4.49. The van der Waals surface area contributed by atoms with Gasteiger partial charge in [0, 0.05) is 19.1 Å². The van der Waals surface area contributed by atoms with Crippen molar-refractivity contribution in [2.24, 2.45) is 5.73 Å². The molecule has 100 valence electrons. The molecular weight excluding hydrogens is 248 g/mol. The van der Waals surface area contributed by atoms with E-state index in [-0.39, 0.29) is 12.1 Å². The summed E-state index contributed by atoms with van der Waals surface area (Å²) < 4.78 is 5.93. The first kappa shape index (κ1) is 13.7. The van der Waals surface area contributed by atoms with Crippen LogP contribution in [0.25, 0.3) is 0 Å². The van der Waals surface area contributed by atoms with E-state index in [4.69, 9.17) is 22.1 Å². The zero-order chi connectivity index (χ0) is 13.1. The molecule has 2 rings (SSSR count). The fourth-order valence-electron chi connectivity index (χ4n) is 2.31. The maximum Gasteiger partial charge on any atom is 0.138 e. The van der Waals surface area contributed by atoms with Gasteiger partial charge in [0.05, 0.1) is 5.02 Å². The van der Waals surface area contributed by atoms with Crippen LogP contribution >= 0.6 is 11.6 Å². The van der Waals surface area contributed by atoms with Crippen molar-refractivity contribution in [1.82, 2.24) is 4.90 Å². The molecule has 1 saturated heterocycles. The Labute approximate surface area is 114 Å². The highest BCUT2D eigenvalue weighted by molar-refractivity contribution is 6.32. The minimum Gasteiger partial charge on any atom is -0.487 e. The van der Waals surface area contributed by atoms with Crippen molar-refractivity contribution in [3.8, 4) is 5.75 Å². The van der Waals surface area contributed by atoms with Crippen molar-refractivity contribution in [3.05, 3.63) is 28.8 Å². The molecule has 1 aliphatic rings. The molecule has 0 bridgehead atoms. The van der Waals surface area contributed by atoms with Crippen LogP contribution in [0.3, 0.4) is 0 Å². The second kappa shape index (κ2) is 5.91. The summed E-state index contributed by atoms with van der Waals surface area (Å²) in [6.45, 7) is 4.05. The molecule has 0 amide bonds. The number of halogens is 1. The number of nitrogens with two attached hydrogens (primary N) is 1. The van der Waals surface area contributed by atoms with Gasteiger partial charge in [-0.1, -0.05) is 17.7 Å². The molecule has 0 aliphatic carbocycles. The number of hydrogen-bond donors (Lipinski definition) is 1. The topological polar surface area (TPSA) is 38.5 Å². The monoisotopic (exact) mass is 268 g/mol. The Hall–Kier alpha value is -0.770. The van der Waals surface area contributed by atoms with E-state index in [0.717, 1.165) is 37.2 Å². The second-order valence-corrected chi connectivity index (χ2v) is 5.64. The molecule has 0 radical (unpaired) electrons. The number of nitrogens with zero attached hydrogens (tertiary/aromatic N) is 1. The van der Waals surface area contributed by atoms with Crippen molar-refractivity contribution in [3.63, 3.8) is 0 Å². The fraction of sp³-hybridized carbons (Fsp3) is 0.571. The van der Waals surface area contributed by atoms with E-state index in [9.17, 15) is 0 Å². The molecule has 1 fully saturated rings. The SMILES string of the molecule is CC(N)Cc1ccc(OC2CCN(C)C2)c(Cl)c1. The van der Waals surface area contributed by atoms with Crippen LogP contribution in [0.5, 0.6) is 5.75 Å². The van der Waals surface area contributed by atoms with Crippen molar-refractivity contribution < 1.29 is 4.74 Å². The summed E-state index contributed by atoms with van der Waals surface area (Å²) in [5, 5.41) is 0.683. The van der Waals surface area contributed by atoms with E-state index in [1.807, 2.05) is 25.1 Å². The number of likely N-dealkylation sites (N-methyl/N-ethyl adjacent to an activating group) is 1. The normalized spacial score (nSPS) is 22.1.